The van der Waals surface area contributed by atoms with Crippen LogP contribution in [0.5, 0.6) is 0 Å². The predicted molar refractivity (Wildman–Crippen MR) is 71.0 cm³/mol. The summed E-state index contributed by atoms with van der Waals surface area (Å²) in [6, 6.07) is 2.71. The van der Waals surface area contributed by atoms with Crippen molar-refractivity contribution < 1.29 is 0 Å². The van der Waals surface area contributed by atoms with Gasteiger partial charge in [0.05, 0.1) is 0 Å². The number of hydrogen-bond acceptors (Lipinski definition) is 3. The van der Waals surface area contributed by atoms with Crippen LogP contribution in [0.25, 0.3) is 0 Å². The van der Waals surface area contributed by atoms with Crippen LogP contribution in [-0.2, 0) is 6.54 Å². The summed E-state index contributed by atoms with van der Waals surface area (Å²) in [5.41, 5.74) is 0. The van der Waals surface area contributed by atoms with Crippen LogP contribution in [0.2, 0.25) is 0 Å². The van der Waals surface area contributed by atoms with Crippen molar-refractivity contribution in [3.05, 3.63) is 12.3 Å². The van der Waals surface area contributed by atoms with Crippen molar-refractivity contribution in [2.45, 2.75) is 39.3 Å². The second-order valence-electron chi connectivity index (χ2n) is 4.85. The van der Waals surface area contributed by atoms with E-state index < -0.39 is 0 Å². The Hall–Kier alpha value is -0.640. The van der Waals surface area contributed by atoms with Crippen molar-refractivity contribution in [3.8, 4) is 0 Å². The quantitative estimate of drug-likeness (QED) is 0.857. The van der Waals surface area contributed by atoms with Crippen LogP contribution in [0.15, 0.2) is 12.3 Å². The van der Waals surface area contributed by atoms with Gasteiger partial charge >= 0.3 is 0 Å². The topological polar surface area (TPSA) is 29.9 Å². The molecule has 16 heavy (non-hydrogen) atoms. The third-order valence-electron chi connectivity index (χ3n) is 2.86. The molecule has 0 saturated carbocycles. The molecule has 0 amide bonds. The van der Waals surface area contributed by atoms with E-state index in [1.807, 2.05) is 16.4 Å². The first kappa shape index (κ1) is 11.8. The van der Waals surface area contributed by atoms with Crippen LogP contribution in [0, 0.1) is 5.92 Å². The summed E-state index contributed by atoms with van der Waals surface area (Å²) in [7, 11) is 0. The number of nitrogens with one attached hydrogen (secondary N) is 1. The molecule has 1 aliphatic rings. The van der Waals surface area contributed by atoms with E-state index in [1.54, 1.807) is 0 Å². The molecule has 0 aliphatic carbocycles. The molecule has 2 heterocycles. The molecule has 1 N–H and O–H groups in total. The van der Waals surface area contributed by atoms with Gasteiger partial charge in [0.25, 0.3) is 0 Å². The van der Waals surface area contributed by atoms with Gasteiger partial charge in [-0.25, -0.2) is 0 Å². The molecule has 0 unspecified atom stereocenters. The average molecular weight is 239 g/mol. The normalized spacial score (nSPS) is 20.6. The smallest absolute Gasteiger partial charge is 0.148 e. The first-order chi connectivity index (χ1) is 7.74. The number of anilines is 1. The molecule has 3 nitrogen and oxygen atoms in total. The third kappa shape index (κ3) is 3.44. The van der Waals surface area contributed by atoms with E-state index in [2.05, 4.69) is 36.5 Å². The summed E-state index contributed by atoms with van der Waals surface area (Å²) in [5, 5.41) is 8.04. The zero-order valence-corrected chi connectivity index (χ0v) is 11.0. The lowest BCUT2D eigenvalue weighted by Crippen LogP contribution is -2.18. The Morgan fingerprint density at radius 2 is 2.50 bits per heavy atom. The highest BCUT2D eigenvalue weighted by Crippen LogP contribution is 2.20. The van der Waals surface area contributed by atoms with E-state index in [4.69, 9.17) is 0 Å². The summed E-state index contributed by atoms with van der Waals surface area (Å²) in [5.74, 6) is 4.29. The number of rotatable bonds is 5. The van der Waals surface area contributed by atoms with Gasteiger partial charge in [-0.05, 0) is 24.5 Å². The first-order valence-electron chi connectivity index (χ1n) is 6.12. The van der Waals surface area contributed by atoms with Gasteiger partial charge in [-0.3, -0.25) is 4.68 Å². The van der Waals surface area contributed by atoms with Gasteiger partial charge in [0.15, 0.2) is 0 Å². The first-order valence-corrected chi connectivity index (χ1v) is 7.27. The van der Waals surface area contributed by atoms with Crippen LogP contribution in [-0.4, -0.2) is 27.3 Å². The minimum atomic E-state index is 0.624. The molecule has 0 aromatic carbocycles. The second-order valence-corrected chi connectivity index (χ2v) is 6.00. The maximum atomic E-state index is 4.54. The fourth-order valence-corrected chi connectivity index (χ4v) is 2.96. The van der Waals surface area contributed by atoms with Crippen molar-refractivity contribution in [2.75, 3.05) is 16.8 Å². The van der Waals surface area contributed by atoms with Gasteiger partial charge < -0.3 is 5.32 Å². The molecule has 4 heteroatoms. The zero-order valence-electron chi connectivity index (χ0n) is 10.1. The van der Waals surface area contributed by atoms with Crippen LogP contribution >= 0.6 is 11.8 Å². The van der Waals surface area contributed by atoms with Gasteiger partial charge in [-0.2, -0.15) is 16.9 Å². The van der Waals surface area contributed by atoms with Crippen molar-refractivity contribution >= 4 is 17.6 Å². The molecule has 1 fully saturated rings. The number of hydrogen-bond donors (Lipinski definition) is 1. The van der Waals surface area contributed by atoms with E-state index in [9.17, 15) is 0 Å². The van der Waals surface area contributed by atoms with Crippen LogP contribution in [0.4, 0.5) is 5.82 Å². The Bertz CT molecular complexity index is 316. The fraction of sp³-hybridized carbons (Fsp3) is 0.750. The largest absolute Gasteiger partial charge is 0.365 e. The monoisotopic (exact) mass is 239 g/mol. The van der Waals surface area contributed by atoms with Crippen molar-refractivity contribution in [3.63, 3.8) is 0 Å². The van der Waals surface area contributed by atoms with Crippen LogP contribution in [0.1, 0.15) is 26.7 Å². The lowest BCUT2D eigenvalue weighted by Gasteiger charge is -2.09. The minimum absolute atomic E-state index is 0.624. The van der Waals surface area contributed by atoms with Crippen molar-refractivity contribution in [2.24, 2.45) is 5.92 Å². The van der Waals surface area contributed by atoms with Crippen molar-refractivity contribution in [1.29, 1.82) is 0 Å². The summed E-state index contributed by atoms with van der Waals surface area (Å²) in [6.45, 7) is 5.52. The van der Waals surface area contributed by atoms with Crippen molar-refractivity contribution in [1.82, 2.24) is 9.78 Å². The minimum Gasteiger partial charge on any atom is -0.365 e. The Morgan fingerprint density at radius 3 is 3.19 bits per heavy atom. The maximum Gasteiger partial charge on any atom is 0.148 e. The molecule has 1 aliphatic heterocycles. The molecule has 1 aromatic heterocycles. The van der Waals surface area contributed by atoms with Crippen LogP contribution < -0.4 is 5.32 Å². The summed E-state index contributed by atoms with van der Waals surface area (Å²) in [6.07, 6.45) is 4.54. The SMILES string of the molecule is CC(C)CCn1ccc(N[C@@H]2CCSC2)n1. The standard InChI is InChI=1S/C12H21N3S/c1-10(2)3-6-15-7-4-12(14-15)13-11-5-8-16-9-11/h4,7,10-11H,3,5-6,8-9H2,1-2H3,(H,13,14)/t11-/m1/s1. The van der Waals surface area contributed by atoms with E-state index >= 15 is 0 Å². The molecule has 1 saturated heterocycles. The number of nitrogens with zero attached hydrogens (tertiary/aromatic N) is 2. The molecule has 2 rings (SSSR count). The summed E-state index contributed by atoms with van der Waals surface area (Å²) in [4.78, 5) is 0. The maximum absolute atomic E-state index is 4.54. The molecule has 1 atom stereocenters. The second kappa shape index (κ2) is 5.62. The molecule has 90 valence electrons. The molecular weight excluding hydrogens is 218 g/mol. The van der Waals surface area contributed by atoms with E-state index in [0.717, 1.165) is 18.3 Å². The zero-order chi connectivity index (χ0) is 11.4. The highest BCUT2D eigenvalue weighted by Gasteiger charge is 2.15. The average Bonchev–Trinajstić information content (AvgIpc) is 2.87. The Balaban J connectivity index is 1.81. The number of aryl methyl sites for hydroxylation is 1. The van der Waals surface area contributed by atoms with Gasteiger partial charge in [0.2, 0.25) is 0 Å². The fourth-order valence-electron chi connectivity index (χ4n) is 1.81. The molecule has 0 spiro atoms. The summed E-state index contributed by atoms with van der Waals surface area (Å²) < 4.78 is 2.05. The van der Waals surface area contributed by atoms with Gasteiger partial charge in [0.1, 0.15) is 5.82 Å². The van der Waals surface area contributed by atoms with Crippen LogP contribution in [0.3, 0.4) is 0 Å². The van der Waals surface area contributed by atoms with Gasteiger partial charge in [0, 0.05) is 30.6 Å². The highest BCUT2D eigenvalue weighted by atomic mass is 32.2. The van der Waals surface area contributed by atoms with E-state index in [1.165, 1.54) is 24.3 Å². The highest BCUT2D eigenvalue weighted by molar-refractivity contribution is 7.99. The van der Waals surface area contributed by atoms with E-state index in [-0.39, 0.29) is 0 Å². The Morgan fingerprint density at radius 1 is 1.62 bits per heavy atom. The molecule has 1 aromatic rings. The molecular formula is C12H21N3S. The lowest BCUT2D eigenvalue weighted by atomic mass is 10.1. The van der Waals surface area contributed by atoms with Gasteiger partial charge in [-0.15, -0.1) is 0 Å². The van der Waals surface area contributed by atoms with Gasteiger partial charge in [-0.1, -0.05) is 13.8 Å². The number of thioether (sulfide) groups is 1. The predicted octanol–water partition coefficient (Wildman–Crippen LogP) is 2.85. The molecule has 0 bridgehead atoms. The Kier molecular flexibility index (Phi) is 4.16. The molecule has 0 radical (unpaired) electrons. The third-order valence-corrected chi connectivity index (χ3v) is 4.02. The lowest BCUT2D eigenvalue weighted by molar-refractivity contribution is 0.487. The Labute approximate surface area is 102 Å². The summed E-state index contributed by atoms with van der Waals surface area (Å²) >= 11 is 2.03. The number of aromatic nitrogens is 2. The van der Waals surface area contributed by atoms with E-state index in [0.29, 0.717) is 6.04 Å².